The number of anilines is 1. The van der Waals surface area contributed by atoms with Crippen molar-refractivity contribution in [3.63, 3.8) is 0 Å². The lowest BCUT2D eigenvalue weighted by molar-refractivity contribution is -0.142. The number of benzene rings is 2. The summed E-state index contributed by atoms with van der Waals surface area (Å²) in [5.41, 5.74) is 3.45. The maximum Gasteiger partial charge on any atom is 0.343 e. The van der Waals surface area contributed by atoms with Gasteiger partial charge in [-0.15, -0.1) is 11.8 Å². The lowest BCUT2D eigenvalue weighted by Gasteiger charge is -2.26. The number of aromatic amines is 1. The third-order valence-corrected chi connectivity index (χ3v) is 8.44. The number of amides is 2. The van der Waals surface area contributed by atoms with Gasteiger partial charge in [-0.1, -0.05) is 42.5 Å². The van der Waals surface area contributed by atoms with E-state index in [1.807, 2.05) is 42.5 Å². The van der Waals surface area contributed by atoms with Gasteiger partial charge in [-0.05, 0) is 23.3 Å². The van der Waals surface area contributed by atoms with Gasteiger partial charge >= 0.3 is 5.97 Å². The van der Waals surface area contributed by atoms with Gasteiger partial charge in [-0.3, -0.25) is 19.6 Å². The van der Waals surface area contributed by atoms with Crippen molar-refractivity contribution in [1.82, 2.24) is 20.4 Å². The molecule has 3 N–H and O–H groups in total. The number of thioether (sulfide) groups is 1. The van der Waals surface area contributed by atoms with Gasteiger partial charge in [0.05, 0.1) is 36.5 Å². The summed E-state index contributed by atoms with van der Waals surface area (Å²) in [6, 6.07) is 17.1. The first-order valence-electron chi connectivity index (χ1n) is 13.5. The summed E-state index contributed by atoms with van der Waals surface area (Å²) >= 11 is 1.41. The molecule has 0 aliphatic carbocycles. The minimum absolute atomic E-state index is 0.0328. The Balaban J connectivity index is 1.36. The van der Waals surface area contributed by atoms with E-state index < -0.39 is 11.2 Å². The lowest BCUT2D eigenvalue weighted by atomic mass is 10.00. The quantitative estimate of drug-likeness (QED) is 0.310. The number of rotatable bonds is 10. The number of aromatic nitrogens is 2. The first kappa shape index (κ1) is 28.7. The Morgan fingerprint density at radius 2 is 1.88 bits per heavy atom. The molecule has 2 unspecified atom stereocenters. The second kappa shape index (κ2) is 13.7. The van der Waals surface area contributed by atoms with Gasteiger partial charge in [0.15, 0.2) is 12.4 Å². The Morgan fingerprint density at radius 1 is 1.12 bits per heavy atom. The smallest absolute Gasteiger partial charge is 0.343 e. The van der Waals surface area contributed by atoms with Crippen LogP contribution in [0.15, 0.2) is 54.6 Å². The Labute approximate surface area is 242 Å². The van der Waals surface area contributed by atoms with Crippen molar-refractivity contribution in [3.05, 3.63) is 65.7 Å². The molecule has 1 fully saturated rings. The average Bonchev–Trinajstić information content (AvgIpc) is 3.36. The third kappa shape index (κ3) is 7.26. The summed E-state index contributed by atoms with van der Waals surface area (Å²) in [6.07, 6.45) is 0.0328. The second-order valence-electron chi connectivity index (χ2n) is 9.66. The van der Waals surface area contributed by atoms with Crippen LogP contribution >= 0.6 is 11.8 Å². The fourth-order valence-electron chi connectivity index (χ4n) is 4.76. The van der Waals surface area contributed by atoms with Crippen molar-refractivity contribution >= 4 is 35.4 Å². The minimum atomic E-state index is -0.642. The maximum atomic E-state index is 13.3. The van der Waals surface area contributed by atoms with E-state index in [9.17, 15) is 14.4 Å². The van der Waals surface area contributed by atoms with Crippen molar-refractivity contribution in [3.8, 4) is 17.0 Å². The standard InChI is InChI=1S/C29H33N5O6S/c1-38-24(36)18-40-21-9-7-20(8-10-21)27-25-26(19-5-3-2-4-6-19)32-33-28(25)31-29(37)22(41-27)17-23(35)30-11-12-34-13-15-39-16-14-34/h2-10,22,27H,11-18H2,1H3,(H,30,35)(H2,31,32,33,37). The topological polar surface area (TPSA) is 135 Å². The molecule has 11 nitrogen and oxygen atoms in total. The van der Waals surface area contributed by atoms with E-state index in [0.717, 1.165) is 42.0 Å². The summed E-state index contributed by atoms with van der Waals surface area (Å²) in [5, 5.41) is 12.5. The lowest BCUT2D eigenvalue weighted by Crippen LogP contribution is -2.42. The zero-order chi connectivity index (χ0) is 28.6. The van der Waals surface area contributed by atoms with Gasteiger partial charge in [-0.2, -0.15) is 5.10 Å². The van der Waals surface area contributed by atoms with Crippen LogP contribution in [0.4, 0.5) is 5.82 Å². The predicted octanol–water partition coefficient (Wildman–Crippen LogP) is 2.61. The number of carbonyl (C=O) groups is 3. The molecule has 5 rings (SSSR count). The Bertz CT molecular complexity index is 1340. The molecule has 216 valence electrons. The highest BCUT2D eigenvalue weighted by molar-refractivity contribution is 8.01. The van der Waals surface area contributed by atoms with Crippen LogP contribution in [0.2, 0.25) is 0 Å². The number of carbonyl (C=O) groups excluding carboxylic acids is 3. The molecule has 1 aromatic heterocycles. The Kier molecular flexibility index (Phi) is 9.55. The van der Waals surface area contributed by atoms with E-state index in [1.165, 1.54) is 18.9 Å². The zero-order valence-corrected chi connectivity index (χ0v) is 23.6. The summed E-state index contributed by atoms with van der Waals surface area (Å²) < 4.78 is 15.5. The molecule has 1 saturated heterocycles. The number of H-pyrrole nitrogens is 1. The van der Waals surface area contributed by atoms with Gasteiger partial charge in [-0.25, -0.2) is 4.79 Å². The fourth-order valence-corrected chi connectivity index (χ4v) is 6.20. The fraction of sp³-hybridized carbons (Fsp3) is 0.379. The number of ether oxygens (including phenoxy) is 3. The first-order chi connectivity index (χ1) is 20.0. The van der Waals surface area contributed by atoms with Crippen molar-refractivity contribution in [2.75, 3.05) is 58.4 Å². The molecule has 0 radical (unpaired) electrons. The van der Waals surface area contributed by atoms with E-state index in [2.05, 4.69) is 30.5 Å². The van der Waals surface area contributed by atoms with Gasteiger partial charge in [0, 0.05) is 38.2 Å². The molecule has 0 spiro atoms. The second-order valence-corrected chi connectivity index (χ2v) is 11.0. The number of methoxy groups -OCH3 is 1. The van der Waals surface area contributed by atoms with Gasteiger partial charge < -0.3 is 24.8 Å². The van der Waals surface area contributed by atoms with Crippen molar-refractivity contribution < 1.29 is 28.6 Å². The van der Waals surface area contributed by atoms with Crippen LogP contribution in [0.25, 0.3) is 11.3 Å². The van der Waals surface area contributed by atoms with E-state index in [4.69, 9.17) is 9.47 Å². The van der Waals surface area contributed by atoms with E-state index in [1.54, 1.807) is 12.1 Å². The van der Waals surface area contributed by atoms with Crippen molar-refractivity contribution in [2.45, 2.75) is 16.9 Å². The third-order valence-electron chi connectivity index (χ3n) is 6.95. The molecular formula is C29H33N5O6S. The van der Waals surface area contributed by atoms with Gasteiger partial charge in [0.2, 0.25) is 11.8 Å². The van der Waals surface area contributed by atoms with E-state index >= 15 is 0 Å². The molecule has 2 aromatic carbocycles. The number of morpholine rings is 1. The monoisotopic (exact) mass is 579 g/mol. The zero-order valence-electron chi connectivity index (χ0n) is 22.8. The van der Waals surface area contributed by atoms with Crippen LogP contribution in [0.3, 0.4) is 0 Å². The highest BCUT2D eigenvalue weighted by Crippen LogP contribution is 2.48. The number of fused-ring (bicyclic) bond motifs is 1. The van der Waals surface area contributed by atoms with Crippen molar-refractivity contribution in [1.29, 1.82) is 0 Å². The maximum absolute atomic E-state index is 13.3. The largest absolute Gasteiger partial charge is 0.482 e. The molecule has 41 heavy (non-hydrogen) atoms. The van der Waals surface area contributed by atoms with Crippen LogP contribution in [0.5, 0.6) is 5.75 Å². The first-order valence-corrected chi connectivity index (χ1v) is 14.4. The van der Waals surface area contributed by atoms with Crippen LogP contribution in [-0.2, 0) is 23.9 Å². The Morgan fingerprint density at radius 3 is 2.61 bits per heavy atom. The number of esters is 1. The van der Waals surface area contributed by atoms with Crippen LogP contribution < -0.4 is 15.4 Å². The molecular weight excluding hydrogens is 546 g/mol. The number of nitrogens with one attached hydrogen (secondary N) is 3. The molecule has 2 amide bonds. The summed E-state index contributed by atoms with van der Waals surface area (Å²) in [4.78, 5) is 40.0. The average molecular weight is 580 g/mol. The highest BCUT2D eigenvalue weighted by atomic mass is 32.2. The van der Waals surface area contributed by atoms with Crippen molar-refractivity contribution in [2.24, 2.45) is 0 Å². The van der Waals surface area contributed by atoms with E-state index in [0.29, 0.717) is 31.3 Å². The molecule has 2 aliphatic heterocycles. The summed E-state index contributed by atoms with van der Waals surface area (Å²) in [6.45, 7) is 4.15. The predicted molar refractivity (Wildman–Crippen MR) is 155 cm³/mol. The molecule has 3 heterocycles. The number of nitrogens with zero attached hydrogens (tertiary/aromatic N) is 2. The number of hydrogen-bond acceptors (Lipinski definition) is 9. The van der Waals surface area contributed by atoms with Crippen LogP contribution in [0.1, 0.15) is 22.8 Å². The van der Waals surface area contributed by atoms with Gasteiger partial charge in [0.25, 0.3) is 0 Å². The summed E-state index contributed by atoms with van der Waals surface area (Å²) in [5.74, 6) is 0.0258. The Hall–Kier alpha value is -3.87. The number of hydrogen-bond donors (Lipinski definition) is 3. The molecule has 2 atom stereocenters. The molecule has 0 bridgehead atoms. The molecule has 0 saturated carbocycles. The highest BCUT2D eigenvalue weighted by Gasteiger charge is 2.36. The molecule has 3 aromatic rings. The SMILES string of the molecule is COC(=O)COc1ccc(C2SC(CC(=O)NCCN3CCOCC3)C(=O)Nc3n[nH]c(-c4ccccc4)c32)cc1. The van der Waals surface area contributed by atoms with Crippen LogP contribution in [0, 0.1) is 0 Å². The van der Waals surface area contributed by atoms with Gasteiger partial charge in [0.1, 0.15) is 5.75 Å². The summed E-state index contributed by atoms with van der Waals surface area (Å²) in [7, 11) is 1.31. The van der Waals surface area contributed by atoms with Crippen LogP contribution in [-0.4, -0.2) is 91.2 Å². The minimum Gasteiger partial charge on any atom is -0.482 e. The molecule has 2 aliphatic rings. The normalized spacial score (nSPS) is 19.0. The molecule has 12 heteroatoms. The van der Waals surface area contributed by atoms with E-state index in [-0.39, 0.29) is 30.1 Å².